The highest BCUT2D eigenvalue weighted by Crippen LogP contribution is 2.25. The summed E-state index contributed by atoms with van der Waals surface area (Å²) in [6.45, 7) is 4.58. The Morgan fingerprint density at radius 1 is 1.23 bits per heavy atom. The lowest BCUT2D eigenvalue weighted by Crippen LogP contribution is -2.43. The van der Waals surface area contributed by atoms with Crippen molar-refractivity contribution >= 4 is 40.8 Å². The summed E-state index contributed by atoms with van der Waals surface area (Å²) in [5.74, 6) is 0.247. The molecule has 0 spiro atoms. The van der Waals surface area contributed by atoms with Gasteiger partial charge < -0.3 is 10.2 Å². The van der Waals surface area contributed by atoms with Gasteiger partial charge >= 0.3 is 0 Å². The molecular weight excluding hydrogens is 375 g/mol. The molecule has 26 heavy (non-hydrogen) atoms. The lowest BCUT2D eigenvalue weighted by Gasteiger charge is -2.23. The number of anilines is 1. The van der Waals surface area contributed by atoms with E-state index in [0.717, 1.165) is 12.1 Å². The number of nitrogens with one attached hydrogen (secondary N) is 2. The molecule has 138 valence electrons. The van der Waals surface area contributed by atoms with E-state index in [-0.39, 0.29) is 17.7 Å². The SMILES string of the molecule is CC(C)c1cc(NC(=O)C2CCCN2C(=O)c2cc(Cl)cc(Cl)c2)n[nH]1. The standard InChI is InChI=1S/C18H20Cl2N4O2/c1-10(2)14-9-16(23-22-14)21-17(25)15-4-3-5-24(15)18(26)11-6-12(19)8-13(20)7-11/h6-10,15H,3-5H2,1-2H3,(H2,21,22,23,25). The maximum Gasteiger partial charge on any atom is 0.254 e. The number of nitrogens with zero attached hydrogens (tertiary/aromatic N) is 2. The second-order valence-corrected chi connectivity index (χ2v) is 7.54. The molecule has 2 aromatic rings. The monoisotopic (exact) mass is 394 g/mol. The number of rotatable bonds is 4. The number of benzene rings is 1. The molecule has 3 rings (SSSR count). The molecule has 1 atom stereocenters. The Labute approximate surface area is 161 Å². The number of carbonyl (C=O) groups is 2. The van der Waals surface area contributed by atoms with Gasteiger partial charge in [0.1, 0.15) is 6.04 Å². The maximum absolute atomic E-state index is 12.8. The van der Waals surface area contributed by atoms with Crippen molar-refractivity contribution in [1.82, 2.24) is 15.1 Å². The number of likely N-dealkylation sites (tertiary alicyclic amines) is 1. The first-order valence-corrected chi connectivity index (χ1v) is 9.24. The van der Waals surface area contributed by atoms with Crippen molar-refractivity contribution in [3.8, 4) is 0 Å². The van der Waals surface area contributed by atoms with E-state index < -0.39 is 6.04 Å². The topological polar surface area (TPSA) is 78.1 Å². The van der Waals surface area contributed by atoms with Crippen molar-refractivity contribution < 1.29 is 9.59 Å². The third kappa shape index (κ3) is 4.02. The van der Waals surface area contributed by atoms with Crippen LogP contribution >= 0.6 is 23.2 Å². The number of hydrogen-bond donors (Lipinski definition) is 2. The molecule has 0 bridgehead atoms. The molecule has 1 aliphatic rings. The molecule has 8 heteroatoms. The quantitative estimate of drug-likeness (QED) is 0.819. The second-order valence-electron chi connectivity index (χ2n) is 6.67. The fraction of sp³-hybridized carbons (Fsp3) is 0.389. The molecule has 2 N–H and O–H groups in total. The van der Waals surface area contributed by atoms with Gasteiger partial charge in [-0.05, 0) is 37.0 Å². The van der Waals surface area contributed by atoms with E-state index in [2.05, 4.69) is 15.5 Å². The van der Waals surface area contributed by atoms with Gasteiger partial charge in [0.2, 0.25) is 5.91 Å². The van der Waals surface area contributed by atoms with Crippen LogP contribution in [0.2, 0.25) is 10.0 Å². The van der Waals surface area contributed by atoms with Crippen molar-refractivity contribution in [3.05, 3.63) is 45.6 Å². The van der Waals surface area contributed by atoms with E-state index in [1.54, 1.807) is 29.2 Å². The summed E-state index contributed by atoms with van der Waals surface area (Å²) in [6.07, 6.45) is 1.36. The molecule has 1 saturated heterocycles. The first kappa shape index (κ1) is 18.7. The van der Waals surface area contributed by atoms with Gasteiger partial charge in [-0.25, -0.2) is 0 Å². The summed E-state index contributed by atoms with van der Waals surface area (Å²) >= 11 is 12.0. The van der Waals surface area contributed by atoms with Gasteiger partial charge in [0, 0.05) is 33.9 Å². The molecular formula is C18H20Cl2N4O2. The van der Waals surface area contributed by atoms with Gasteiger partial charge in [0.15, 0.2) is 5.82 Å². The molecule has 1 fully saturated rings. The molecule has 1 aromatic heterocycles. The van der Waals surface area contributed by atoms with Crippen molar-refractivity contribution in [2.45, 2.75) is 38.6 Å². The highest BCUT2D eigenvalue weighted by atomic mass is 35.5. The average Bonchev–Trinajstić information content (AvgIpc) is 3.22. The second kappa shape index (κ2) is 7.68. The van der Waals surface area contributed by atoms with Crippen LogP contribution in [0, 0.1) is 0 Å². The summed E-state index contributed by atoms with van der Waals surface area (Å²) in [6, 6.07) is 5.95. The summed E-state index contributed by atoms with van der Waals surface area (Å²) in [7, 11) is 0. The Balaban J connectivity index is 1.74. The van der Waals surface area contributed by atoms with Gasteiger partial charge in [-0.3, -0.25) is 14.7 Å². The van der Waals surface area contributed by atoms with E-state index in [4.69, 9.17) is 23.2 Å². The Morgan fingerprint density at radius 2 is 1.92 bits per heavy atom. The third-order valence-electron chi connectivity index (χ3n) is 4.40. The van der Waals surface area contributed by atoms with Gasteiger partial charge in [-0.15, -0.1) is 0 Å². The van der Waals surface area contributed by atoms with E-state index in [9.17, 15) is 9.59 Å². The van der Waals surface area contributed by atoms with Crippen LogP contribution in [0.25, 0.3) is 0 Å². The van der Waals surface area contributed by atoms with Gasteiger partial charge in [-0.2, -0.15) is 5.10 Å². The Morgan fingerprint density at radius 3 is 2.54 bits per heavy atom. The van der Waals surface area contributed by atoms with E-state index in [1.165, 1.54) is 0 Å². The highest BCUT2D eigenvalue weighted by Gasteiger charge is 2.35. The predicted molar refractivity (Wildman–Crippen MR) is 102 cm³/mol. The van der Waals surface area contributed by atoms with Crippen LogP contribution in [-0.2, 0) is 4.79 Å². The molecule has 0 aliphatic carbocycles. The molecule has 2 heterocycles. The lowest BCUT2D eigenvalue weighted by molar-refractivity contribution is -0.119. The minimum absolute atomic E-state index is 0.245. The highest BCUT2D eigenvalue weighted by molar-refractivity contribution is 6.35. The number of carbonyl (C=O) groups excluding carboxylic acids is 2. The number of hydrogen-bond acceptors (Lipinski definition) is 3. The largest absolute Gasteiger partial charge is 0.327 e. The summed E-state index contributed by atoms with van der Waals surface area (Å²) in [5.41, 5.74) is 1.32. The van der Waals surface area contributed by atoms with Crippen molar-refractivity contribution in [2.24, 2.45) is 0 Å². The van der Waals surface area contributed by atoms with Crippen LogP contribution in [0.15, 0.2) is 24.3 Å². The number of amides is 2. The third-order valence-corrected chi connectivity index (χ3v) is 4.83. The zero-order valence-corrected chi connectivity index (χ0v) is 16.1. The molecule has 1 aromatic carbocycles. The smallest absolute Gasteiger partial charge is 0.254 e. The van der Waals surface area contributed by atoms with Crippen LogP contribution in [0.4, 0.5) is 5.82 Å². The Bertz CT molecular complexity index is 814. The molecule has 6 nitrogen and oxygen atoms in total. The normalized spacial score (nSPS) is 17.0. The Kier molecular flexibility index (Phi) is 5.53. The van der Waals surface area contributed by atoms with Crippen LogP contribution in [0.3, 0.4) is 0 Å². The van der Waals surface area contributed by atoms with Crippen LogP contribution in [0.5, 0.6) is 0 Å². The van der Waals surface area contributed by atoms with Gasteiger partial charge in [0.25, 0.3) is 5.91 Å². The lowest BCUT2D eigenvalue weighted by atomic mass is 10.1. The first-order chi connectivity index (χ1) is 12.3. The molecule has 0 radical (unpaired) electrons. The van der Waals surface area contributed by atoms with Crippen LogP contribution < -0.4 is 5.32 Å². The van der Waals surface area contributed by atoms with Gasteiger partial charge in [-0.1, -0.05) is 37.0 Å². The molecule has 1 aliphatic heterocycles. The first-order valence-electron chi connectivity index (χ1n) is 8.48. The summed E-state index contributed by atoms with van der Waals surface area (Å²) in [4.78, 5) is 27.0. The van der Waals surface area contributed by atoms with Gasteiger partial charge in [0.05, 0.1) is 0 Å². The van der Waals surface area contributed by atoms with E-state index in [1.807, 2.05) is 13.8 Å². The minimum atomic E-state index is -0.542. The van der Waals surface area contributed by atoms with Crippen LogP contribution in [0.1, 0.15) is 48.7 Å². The zero-order valence-electron chi connectivity index (χ0n) is 14.6. The van der Waals surface area contributed by atoms with E-state index >= 15 is 0 Å². The number of H-pyrrole nitrogens is 1. The molecule has 2 amide bonds. The number of aromatic nitrogens is 2. The minimum Gasteiger partial charge on any atom is -0.327 e. The molecule has 1 unspecified atom stereocenters. The summed E-state index contributed by atoms with van der Waals surface area (Å²) in [5, 5.41) is 10.6. The summed E-state index contributed by atoms with van der Waals surface area (Å²) < 4.78 is 0. The number of aromatic amines is 1. The number of halogens is 2. The Hall–Kier alpha value is -2.05. The fourth-order valence-corrected chi connectivity index (χ4v) is 3.56. The fourth-order valence-electron chi connectivity index (χ4n) is 3.03. The van der Waals surface area contributed by atoms with E-state index in [0.29, 0.717) is 34.4 Å². The average molecular weight is 395 g/mol. The van der Waals surface area contributed by atoms with Crippen molar-refractivity contribution in [1.29, 1.82) is 0 Å². The molecule has 0 saturated carbocycles. The van der Waals surface area contributed by atoms with Crippen molar-refractivity contribution in [3.63, 3.8) is 0 Å². The maximum atomic E-state index is 12.8. The predicted octanol–water partition coefficient (Wildman–Crippen LogP) is 4.08. The zero-order chi connectivity index (χ0) is 18.8. The van der Waals surface area contributed by atoms with Crippen molar-refractivity contribution in [2.75, 3.05) is 11.9 Å². The van der Waals surface area contributed by atoms with Crippen LogP contribution in [-0.4, -0.2) is 39.5 Å².